The Balaban J connectivity index is 1.61. The third-order valence-corrected chi connectivity index (χ3v) is 8.17. The molecule has 0 radical (unpaired) electrons. The summed E-state index contributed by atoms with van der Waals surface area (Å²) in [4.78, 5) is 41.1. The molecule has 7 nitrogen and oxygen atoms in total. The summed E-state index contributed by atoms with van der Waals surface area (Å²) < 4.78 is 17.0. The highest BCUT2D eigenvalue weighted by molar-refractivity contribution is 7.99. The molecule has 2 atom stereocenters. The molecule has 8 heteroatoms. The van der Waals surface area contributed by atoms with Gasteiger partial charge in [0.2, 0.25) is 0 Å². The predicted octanol–water partition coefficient (Wildman–Crippen LogP) is 5.46. The van der Waals surface area contributed by atoms with E-state index < -0.39 is 11.9 Å². The lowest BCUT2D eigenvalue weighted by molar-refractivity contribution is -0.138. The number of carbonyl (C=O) groups excluding carboxylic acids is 2. The molecule has 1 aliphatic carbocycles. The number of benzene rings is 2. The molecule has 1 N–H and O–H groups in total. The normalized spacial score (nSPS) is 19.1. The SMILES string of the molecule is CCSCCOC(=O)C1=C(C)NC2=C(C(=O)C[C@@H](c3ccccc3OC)C2)[C@H]1c1coc2ccccc2c1=O. The number of hydrogen-bond donors (Lipinski definition) is 1. The molecule has 5 rings (SSSR count). The van der Waals surface area contributed by atoms with Crippen molar-refractivity contribution in [3.8, 4) is 5.75 Å². The number of Topliss-reactive ketones (excluding diaryl/α,β-unsaturated/α-hetero) is 1. The summed E-state index contributed by atoms with van der Waals surface area (Å²) in [5.41, 5.74) is 3.33. The van der Waals surface area contributed by atoms with Crippen LogP contribution in [0.25, 0.3) is 11.0 Å². The van der Waals surface area contributed by atoms with Gasteiger partial charge in [0.1, 0.15) is 17.9 Å². The summed E-state index contributed by atoms with van der Waals surface area (Å²) in [6.45, 7) is 4.07. The summed E-state index contributed by atoms with van der Waals surface area (Å²) >= 11 is 1.67. The lowest BCUT2D eigenvalue weighted by Gasteiger charge is -2.36. The average molecular weight is 546 g/mol. The van der Waals surface area contributed by atoms with E-state index in [0.717, 1.165) is 17.1 Å². The summed E-state index contributed by atoms with van der Waals surface area (Å²) in [6.07, 6.45) is 2.15. The fourth-order valence-corrected chi connectivity index (χ4v) is 6.04. The number of nitrogens with one attached hydrogen (secondary N) is 1. The number of allylic oxidation sites excluding steroid dienone is 3. The van der Waals surface area contributed by atoms with E-state index in [0.29, 0.717) is 40.1 Å². The summed E-state index contributed by atoms with van der Waals surface area (Å²) in [7, 11) is 1.62. The Morgan fingerprint density at radius 3 is 2.64 bits per heavy atom. The van der Waals surface area contributed by atoms with Crippen LogP contribution in [0, 0.1) is 0 Å². The molecule has 0 bridgehead atoms. The maximum atomic E-state index is 13.9. The van der Waals surface area contributed by atoms with Crippen molar-refractivity contribution in [2.45, 2.75) is 38.5 Å². The summed E-state index contributed by atoms with van der Waals surface area (Å²) in [5, 5.41) is 3.73. The van der Waals surface area contributed by atoms with Crippen molar-refractivity contribution in [2.75, 3.05) is 25.2 Å². The van der Waals surface area contributed by atoms with E-state index in [1.165, 1.54) is 6.26 Å². The van der Waals surface area contributed by atoms with Crippen LogP contribution < -0.4 is 15.5 Å². The van der Waals surface area contributed by atoms with Gasteiger partial charge < -0.3 is 19.2 Å². The third kappa shape index (κ3) is 5.13. The minimum atomic E-state index is -0.889. The van der Waals surface area contributed by atoms with Crippen LogP contribution in [0.3, 0.4) is 0 Å². The Kier molecular flexibility index (Phi) is 7.93. The van der Waals surface area contributed by atoms with Crippen molar-refractivity contribution in [2.24, 2.45) is 0 Å². The van der Waals surface area contributed by atoms with Crippen LogP contribution in [0.2, 0.25) is 0 Å². The number of ether oxygens (including phenoxy) is 2. The van der Waals surface area contributed by atoms with Gasteiger partial charge in [-0.05, 0) is 42.9 Å². The first-order valence-electron chi connectivity index (χ1n) is 13.1. The number of dihydropyridines is 1. The van der Waals surface area contributed by atoms with E-state index in [4.69, 9.17) is 13.9 Å². The lowest BCUT2D eigenvalue weighted by Crippen LogP contribution is -2.37. The number of ketones is 1. The fraction of sp³-hybridized carbons (Fsp3) is 0.323. The molecule has 0 saturated carbocycles. The number of fused-ring (bicyclic) bond motifs is 1. The van der Waals surface area contributed by atoms with Crippen LogP contribution in [-0.4, -0.2) is 37.0 Å². The zero-order valence-electron chi connectivity index (χ0n) is 22.2. The van der Waals surface area contributed by atoms with Crippen molar-refractivity contribution in [3.63, 3.8) is 0 Å². The number of rotatable bonds is 8. The van der Waals surface area contributed by atoms with Gasteiger partial charge in [-0.15, -0.1) is 0 Å². The van der Waals surface area contributed by atoms with Crippen molar-refractivity contribution in [1.29, 1.82) is 0 Å². The Morgan fingerprint density at radius 2 is 1.85 bits per heavy atom. The van der Waals surface area contributed by atoms with Gasteiger partial charge in [-0.25, -0.2) is 4.79 Å². The number of esters is 1. The Bertz CT molecular complexity index is 1550. The first kappa shape index (κ1) is 26.8. The van der Waals surface area contributed by atoms with E-state index >= 15 is 0 Å². The molecule has 0 unspecified atom stereocenters. The molecule has 2 heterocycles. The molecule has 1 aliphatic heterocycles. The molecule has 0 amide bonds. The quantitative estimate of drug-likeness (QED) is 0.295. The van der Waals surface area contributed by atoms with E-state index in [1.54, 1.807) is 50.1 Å². The molecule has 1 aromatic heterocycles. The van der Waals surface area contributed by atoms with Gasteiger partial charge >= 0.3 is 5.97 Å². The van der Waals surface area contributed by atoms with Crippen LogP contribution in [0.4, 0.5) is 0 Å². The minimum absolute atomic E-state index is 0.110. The van der Waals surface area contributed by atoms with Gasteiger partial charge in [-0.2, -0.15) is 11.8 Å². The molecule has 0 saturated heterocycles. The van der Waals surface area contributed by atoms with Crippen LogP contribution in [-0.2, 0) is 14.3 Å². The first-order chi connectivity index (χ1) is 18.9. The molecule has 3 aromatic rings. The number of methoxy groups -OCH3 is 1. The fourth-order valence-electron chi connectivity index (χ4n) is 5.55. The van der Waals surface area contributed by atoms with Gasteiger partial charge in [-0.1, -0.05) is 37.3 Å². The second kappa shape index (κ2) is 11.5. The van der Waals surface area contributed by atoms with Crippen LogP contribution in [0.1, 0.15) is 49.7 Å². The maximum absolute atomic E-state index is 13.9. The minimum Gasteiger partial charge on any atom is -0.496 e. The molecule has 39 heavy (non-hydrogen) atoms. The molecular weight excluding hydrogens is 514 g/mol. The van der Waals surface area contributed by atoms with Crippen molar-refractivity contribution >= 4 is 34.5 Å². The van der Waals surface area contributed by atoms with Crippen LogP contribution >= 0.6 is 11.8 Å². The Morgan fingerprint density at radius 1 is 1.08 bits per heavy atom. The highest BCUT2D eigenvalue weighted by Crippen LogP contribution is 2.46. The zero-order chi connectivity index (χ0) is 27.5. The highest BCUT2D eigenvalue weighted by Gasteiger charge is 2.43. The average Bonchev–Trinajstić information content (AvgIpc) is 2.94. The summed E-state index contributed by atoms with van der Waals surface area (Å²) in [6, 6.07) is 14.7. The van der Waals surface area contributed by atoms with Gasteiger partial charge in [0.25, 0.3) is 0 Å². The standard InChI is InChI=1S/C31H31NO6S/c1-4-39-14-13-37-31(35)27-18(2)32-23-15-19(20-9-5-7-11-25(20)36-3)16-24(33)29(23)28(27)22-17-38-26-12-8-6-10-21(26)30(22)34/h5-12,17,19,28,32H,4,13-16H2,1-3H3/t19-,28-/m0/s1. The van der Waals surface area contributed by atoms with Crippen LogP contribution in [0.15, 0.2) is 86.5 Å². The Hall–Kier alpha value is -3.78. The van der Waals surface area contributed by atoms with Gasteiger partial charge in [0.15, 0.2) is 11.2 Å². The monoisotopic (exact) mass is 545 g/mol. The van der Waals surface area contributed by atoms with Gasteiger partial charge in [-0.3, -0.25) is 9.59 Å². The lowest BCUT2D eigenvalue weighted by atomic mass is 9.71. The van der Waals surface area contributed by atoms with Crippen molar-refractivity contribution in [3.05, 3.63) is 98.7 Å². The smallest absolute Gasteiger partial charge is 0.336 e. The third-order valence-electron chi connectivity index (χ3n) is 7.31. The van der Waals surface area contributed by atoms with E-state index in [9.17, 15) is 14.4 Å². The number of thioether (sulfide) groups is 1. The van der Waals surface area contributed by atoms with Gasteiger partial charge in [0.05, 0.1) is 30.3 Å². The number of carbonyl (C=O) groups is 2. The van der Waals surface area contributed by atoms with Gasteiger partial charge in [0, 0.05) is 40.6 Å². The largest absolute Gasteiger partial charge is 0.496 e. The summed E-state index contributed by atoms with van der Waals surface area (Å²) in [5.74, 6) is 0.638. The van der Waals surface area contributed by atoms with Crippen molar-refractivity contribution in [1.82, 2.24) is 5.32 Å². The van der Waals surface area contributed by atoms with Crippen molar-refractivity contribution < 1.29 is 23.5 Å². The van der Waals surface area contributed by atoms with Crippen LogP contribution in [0.5, 0.6) is 5.75 Å². The zero-order valence-corrected chi connectivity index (χ0v) is 23.1. The van der Waals surface area contributed by atoms with E-state index in [2.05, 4.69) is 5.32 Å². The predicted molar refractivity (Wildman–Crippen MR) is 152 cm³/mol. The second-order valence-electron chi connectivity index (χ2n) is 9.61. The highest BCUT2D eigenvalue weighted by atomic mass is 32.2. The second-order valence-corrected chi connectivity index (χ2v) is 11.0. The van der Waals surface area contributed by atoms with E-state index in [1.807, 2.05) is 31.2 Å². The molecule has 2 aromatic carbocycles. The number of hydrogen-bond acceptors (Lipinski definition) is 8. The van der Waals surface area contributed by atoms with E-state index in [-0.39, 0.29) is 41.3 Å². The number of para-hydroxylation sites is 2. The Labute approximate surface area is 231 Å². The molecule has 0 fully saturated rings. The first-order valence-corrected chi connectivity index (χ1v) is 14.2. The molecule has 2 aliphatic rings. The molecule has 202 valence electrons. The molecule has 0 spiro atoms. The molecular formula is C31H31NO6S. The topological polar surface area (TPSA) is 94.8 Å². The maximum Gasteiger partial charge on any atom is 0.336 e.